The number of carbonyl (C=O) groups excluding carboxylic acids is 1. The van der Waals surface area contributed by atoms with Crippen LogP contribution in [0.1, 0.15) is 23.6 Å². The monoisotopic (exact) mass is 398 g/mol. The minimum Gasteiger partial charge on any atom is -0.325 e. The van der Waals surface area contributed by atoms with Crippen LogP contribution in [0.25, 0.3) is 11.4 Å². The summed E-state index contributed by atoms with van der Waals surface area (Å²) in [6.45, 7) is 7.86. The van der Waals surface area contributed by atoms with Crippen molar-refractivity contribution in [3.8, 4) is 11.4 Å². The molecule has 0 bridgehead atoms. The summed E-state index contributed by atoms with van der Waals surface area (Å²) in [5.41, 5.74) is 4.88. The summed E-state index contributed by atoms with van der Waals surface area (Å²) in [5.74, 6) is 0.235. The number of amides is 1. The minimum atomic E-state index is -0.357. The van der Waals surface area contributed by atoms with Crippen molar-refractivity contribution in [2.75, 3.05) is 5.32 Å². The molecular weight excluding hydrogens is 375 g/mol. The summed E-state index contributed by atoms with van der Waals surface area (Å²) in [5, 5.41) is 11.7. The Morgan fingerprint density at radius 3 is 2.32 bits per heavy atom. The molecule has 7 heteroatoms. The summed E-state index contributed by atoms with van der Waals surface area (Å²) in [7, 11) is 1.83. The quantitative estimate of drug-likeness (QED) is 0.635. The number of nitrogens with one attached hydrogen (secondary N) is 1. The van der Waals surface area contributed by atoms with Crippen molar-refractivity contribution in [3.63, 3.8) is 0 Å². The Morgan fingerprint density at radius 2 is 1.71 bits per heavy atom. The molecule has 3 aromatic rings. The van der Waals surface area contributed by atoms with Gasteiger partial charge in [0.2, 0.25) is 5.91 Å². The lowest BCUT2D eigenvalue weighted by atomic mass is 10.1. The molecule has 0 aliphatic rings. The highest BCUT2D eigenvalue weighted by Crippen LogP contribution is 2.28. The van der Waals surface area contributed by atoms with Gasteiger partial charge in [-0.05, 0) is 63.1 Å². The molecule has 1 N–H and O–H groups in total. The molecular formula is C21H23FN4OS. The average molecular weight is 399 g/mol. The van der Waals surface area contributed by atoms with Crippen LogP contribution in [0.15, 0.2) is 41.6 Å². The molecule has 146 valence electrons. The van der Waals surface area contributed by atoms with E-state index in [-0.39, 0.29) is 17.0 Å². The predicted molar refractivity (Wildman–Crippen MR) is 111 cm³/mol. The van der Waals surface area contributed by atoms with Crippen molar-refractivity contribution < 1.29 is 9.18 Å². The second-order valence-corrected chi connectivity index (χ2v) is 8.20. The van der Waals surface area contributed by atoms with Crippen LogP contribution < -0.4 is 5.32 Å². The van der Waals surface area contributed by atoms with E-state index in [1.807, 2.05) is 39.3 Å². The van der Waals surface area contributed by atoms with Gasteiger partial charge in [0.25, 0.3) is 0 Å². The Morgan fingerprint density at radius 1 is 1.11 bits per heavy atom. The third-order valence-corrected chi connectivity index (χ3v) is 5.65. The number of halogens is 1. The van der Waals surface area contributed by atoms with E-state index < -0.39 is 0 Å². The number of nitrogens with zero attached hydrogens (tertiary/aromatic N) is 3. The maximum atomic E-state index is 13.1. The molecule has 0 unspecified atom stereocenters. The van der Waals surface area contributed by atoms with Crippen molar-refractivity contribution in [1.29, 1.82) is 0 Å². The number of hydrogen-bond donors (Lipinski definition) is 1. The molecule has 1 amide bonds. The standard InChI is InChI=1S/C21H23FN4OS/c1-12-10-13(2)18(14(3)11-12)23-20(27)15(4)28-21-25-24-19(26(21)5)16-6-8-17(22)9-7-16/h6-11,15H,1-5H3,(H,23,27)/t15-/m1/s1. The van der Waals surface area contributed by atoms with Crippen LogP contribution >= 0.6 is 11.8 Å². The molecule has 0 saturated carbocycles. The van der Waals surface area contributed by atoms with E-state index in [4.69, 9.17) is 0 Å². The fourth-order valence-electron chi connectivity index (χ4n) is 3.08. The molecule has 0 spiro atoms. The first-order valence-corrected chi connectivity index (χ1v) is 9.85. The molecule has 0 saturated heterocycles. The van der Waals surface area contributed by atoms with Gasteiger partial charge < -0.3 is 9.88 Å². The number of benzene rings is 2. The zero-order valence-corrected chi connectivity index (χ0v) is 17.4. The molecule has 2 aromatic carbocycles. The highest BCUT2D eigenvalue weighted by Gasteiger charge is 2.20. The number of thioether (sulfide) groups is 1. The predicted octanol–water partition coefficient (Wildman–Crippen LogP) is 4.67. The SMILES string of the molecule is Cc1cc(C)c(NC(=O)[C@@H](C)Sc2nnc(-c3ccc(F)cc3)n2C)c(C)c1. The Hall–Kier alpha value is -2.67. The molecule has 1 aromatic heterocycles. The molecule has 5 nitrogen and oxygen atoms in total. The van der Waals surface area contributed by atoms with Crippen LogP contribution in [0.5, 0.6) is 0 Å². The summed E-state index contributed by atoms with van der Waals surface area (Å²) in [6, 6.07) is 10.2. The van der Waals surface area contributed by atoms with E-state index in [1.54, 1.807) is 12.1 Å². The number of carbonyl (C=O) groups is 1. The minimum absolute atomic E-state index is 0.0913. The number of aryl methyl sites for hydroxylation is 3. The number of anilines is 1. The van der Waals surface area contributed by atoms with E-state index in [0.717, 1.165) is 22.4 Å². The fourth-order valence-corrected chi connectivity index (χ4v) is 3.90. The van der Waals surface area contributed by atoms with Crippen LogP contribution in [0.3, 0.4) is 0 Å². The van der Waals surface area contributed by atoms with Gasteiger partial charge in [0.05, 0.1) is 5.25 Å². The van der Waals surface area contributed by atoms with Gasteiger partial charge in [-0.2, -0.15) is 0 Å². The van der Waals surface area contributed by atoms with Crippen LogP contribution in [-0.4, -0.2) is 25.9 Å². The Bertz CT molecular complexity index is 991. The average Bonchev–Trinajstić information content (AvgIpc) is 2.99. The van der Waals surface area contributed by atoms with E-state index in [0.29, 0.717) is 11.0 Å². The molecule has 0 aliphatic heterocycles. The summed E-state index contributed by atoms with van der Waals surface area (Å²) >= 11 is 1.33. The van der Waals surface area contributed by atoms with Gasteiger partial charge in [0.15, 0.2) is 11.0 Å². The summed E-state index contributed by atoms with van der Waals surface area (Å²) < 4.78 is 14.9. The van der Waals surface area contributed by atoms with Crippen molar-refractivity contribution >= 4 is 23.4 Å². The molecule has 0 radical (unpaired) electrons. The van der Waals surface area contributed by atoms with E-state index in [1.165, 1.54) is 29.5 Å². The highest BCUT2D eigenvalue weighted by atomic mass is 32.2. The second kappa shape index (κ2) is 8.14. The van der Waals surface area contributed by atoms with Crippen LogP contribution in [0, 0.1) is 26.6 Å². The highest BCUT2D eigenvalue weighted by molar-refractivity contribution is 8.00. The van der Waals surface area contributed by atoms with Crippen LogP contribution in [0.4, 0.5) is 10.1 Å². The Labute approximate surface area is 168 Å². The van der Waals surface area contributed by atoms with Gasteiger partial charge in [0.1, 0.15) is 5.82 Å². The molecule has 0 fully saturated rings. The Kier molecular flexibility index (Phi) is 5.84. The lowest BCUT2D eigenvalue weighted by Gasteiger charge is -2.16. The topological polar surface area (TPSA) is 59.8 Å². The largest absolute Gasteiger partial charge is 0.325 e. The van der Waals surface area contributed by atoms with Gasteiger partial charge in [-0.15, -0.1) is 10.2 Å². The van der Waals surface area contributed by atoms with Crippen molar-refractivity contribution in [3.05, 3.63) is 58.9 Å². The van der Waals surface area contributed by atoms with Gasteiger partial charge in [-0.3, -0.25) is 4.79 Å². The van der Waals surface area contributed by atoms with Crippen LogP contribution in [-0.2, 0) is 11.8 Å². The Balaban J connectivity index is 1.74. The van der Waals surface area contributed by atoms with Crippen molar-refractivity contribution in [2.45, 2.75) is 38.1 Å². The number of rotatable bonds is 5. The van der Waals surface area contributed by atoms with Gasteiger partial charge in [0, 0.05) is 18.3 Å². The first kappa shape index (κ1) is 20.1. The third kappa shape index (κ3) is 4.25. The van der Waals surface area contributed by atoms with E-state index >= 15 is 0 Å². The number of hydrogen-bond acceptors (Lipinski definition) is 4. The third-order valence-electron chi connectivity index (χ3n) is 4.51. The zero-order valence-electron chi connectivity index (χ0n) is 16.6. The summed E-state index contributed by atoms with van der Waals surface area (Å²) in [6.07, 6.45) is 0. The van der Waals surface area contributed by atoms with Crippen molar-refractivity contribution in [1.82, 2.24) is 14.8 Å². The van der Waals surface area contributed by atoms with Gasteiger partial charge in [-0.1, -0.05) is 29.5 Å². The normalized spacial score (nSPS) is 12.1. The van der Waals surface area contributed by atoms with Crippen molar-refractivity contribution in [2.24, 2.45) is 7.05 Å². The maximum Gasteiger partial charge on any atom is 0.237 e. The molecule has 0 aliphatic carbocycles. The smallest absolute Gasteiger partial charge is 0.237 e. The molecule has 28 heavy (non-hydrogen) atoms. The summed E-state index contributed by atoms with van der Waals surface area (Å²) in [4.78, 5) is 12.7. The molecule has 3 rings (SSSR count). The first-order chi connectivity index (χ1) is 13.3. The maximum absolute atomic E-state index is 13.1. The fraction of sp³-hybridized carbons (Fsp3) is 0.286. The lowest BCUT2D eigenvalue weighted by molar-refractivity contribution is -0.115. The van der Waals surface area contributed by atoms with E-state index in [2.05, 4.69) is 27.6 Å². The number of aromatic nitrogens is 3. The second-order valence-electron chi connectivity index (χ2n) is 6.90. The lowest BCUT2D eigenvalue weighted by Crippen LogP contribution is -2.23. The molecule has 1 atom stereocenters. The zero-order chi connectivity index (χ0) is 20.4. The first-order valence-electron chi connectivity index (χ1n) is 8.97. The van der Waals surface area contributed by atoms with E-state index in [9.17, 15) is 9.18 Å². The molecule has 1 heterocycles. The van der Waals surface area contributed by atoms with Crippen LogP contribution in [0.2, 0.25) is 0 Å². The van der Waals surface area contributed by atoms with Gasteiger partial charge >= 0.3 is 0 Å². The van der Waals surface area contributed by atoms with Gasteiger partial charge in [-0.25, -0.2) is 4.39 Å².